The molecule has 1 spiro atoms. The quantitative estimate of drug-likeness (QED) is 0.462. The van der Waals surface area contributed by atoms with Crippen molar-refractivity contribution in [3.05, 3.63) is 29.6 Å². The van der Waals surface area contributed by atoms with Gasteiger partial charge in [-0.3, -0.25) is 20.2 Å². The highest BCUT2D eigenvalue weighted by molar-refractivity contribution is 6.20. The molecule has 0 unspecified atom stereocenters. The van der Waals surface area contributed by atoms with Crippen molar-refractivity contribution in [1.29, 1.82) is 5.26 Å². The molecule has 5 heterocycles. The molecule has 2 aromatic heterocycles. The third-order valence-corrected chi connectivity index (χ3v) is 6.75. The van der Waals surface area contributed by atoms with Gasteiger partial charge in [-0.25, -0.2) is 14.2 Å². The Bertz CT molecular complexity index is 1470. The summed E-state index contributed by atoms with van der Waals surface area (Å²) < 4.78 is 28.4. The summed E-state index contributed by atoms with van der Waals surface area (Å²) in [6.07, 6.45) is 0.0652. The van der Waals surface area contributed by atoms with E-state index < -0.39 is 41.2 Å². The minimum absolute atomic E-state index is 0.0864. The van der Waals surface area contributed by atoms with Crippen LogP contribution in [0.5, 0.6) is 0 Å². The topological polar surface area (TPSA) is 168 Å². The smallest absolute Gasteiger partial charge is 0.328 e. The zero-order chi connectivity index (χ0) is 24.6. The minimum Gasteiger partial charge on any atom is -0.372 e. The van der Waals surface area contributed by atoms with Crippen LogP contribution in [0.1, 0.15) is 25.2 Å². The van der Waals surface area contributed by atoms with Crippen molar-refractivity contribution >= 4 is 34.5 Å². The van der Waals surface area contributed by atoms with Crippen LogP contribution in [0.2, 0.25) is 0 Å². The SMILES string of the molecule is C[C@@H]1CN2c3c(cc4c(-n5cnc(C#N)n5)noc4c3F)CC3(C(=O)NC(=O)NC3=O)[C@H]2[C@H](C)O1. The first-order chi connectivity index (χ1) is 16.7. The maximum Gasteiger partial charge on any atom is 0.328 e. The van der Waals surface area contributed by atoms with Gasteiger partial charge in [0, 0.05) is 13.0 Å². The lowest BCUT2D eigenvalue weighted by Gasteiger charge is -2.55. The molecule has 35 heavy (non-hydrogen) atoms. The molecule has 13 nitrogen and oxygen atoms in total. The summed E-state index contributed by atoms with van der Waals surface area (Å²) in [6.45, 7) is 3.70. The Hall–Kier alpha value is -4.38. The molecule has 178 valence electrons. The maximum atomic E-state index is 16.0. The number of hydrogen-bond donors (Lipinski definition) is 2. The van der Waals surface area contributed by atoms with Crippen LogP contribution in [0.15, 0.2) is 16.9 Å². The van der Waals surface area contributed by atoms with E-state index in [-0.39, 0.29) is 47.4 Å². The summed E-state index contributed by atoms with van der Waals surface area (Å²) >= 11 is 0. The van der Waals surface area contributed by atoms with E-state index in [1.165, 1.54) is 11.0 Å². The first kappa shape index (κ1) is 21.2. The number of benzene rings is 1. The number of halogens is 1. The molecule has 0 bridgehead atoms. The average Bonchev–Trinajstić information content (AvgIpc) is 3.43. The van der Waals surface area contributed by atoms with E-state index in [9.17, 15) is 14.4 Å². The summed E-state index contributed by atoms with van der Waals surface area (Å²) in [5.74, 6) is -2.30. The first-order valence-corrected chi connectivity index (χ1v) is 10.8. The number of nitriles is 1. The van der Waals surface area contributed by atoms with Gasteiger partial charge in [0.1, 0.15) is 12.4 Å². The number of urea groups is 1. The van der Waals surface area contributed by atoms with Gasteiger partial charge < -0.3 is 14.2 Å². The highest BCUT2D eigenvalue weighted by atomic mass is 19.1. The van der Waals surface area contributed by atoms with Crippen LogP contribution in [0.4, 0.5) is 14.9 Å². The fourth-order valence-electron chi connectivity index (χ4n) is 5.52. The largest absolute Gasteiger partial charge is 0.372 e. The standard InChI is InChI=1S/C21H17FN8O5/c1-8-6-29-14-10(4-21(16(29)9(2)34-8)18(31)25-20(33)26-19(21)32)3-11-15(13(14)22)35-28-17(11)30-7-24-12(5-23)27-30/h3,7-9,16H,4,6H2,1-2H3,(H2,25,26,31,32,33)/t8-,9+,16-/m1/s1. The summed E-state index contributed by atoms with van der Waals surface area (Å²) in [6, 6.07) is 1.58. The number of carbonyl (C=O) groups excluding carboxylic acids is 3. The van der Waals surface area contributed by atoms with E-state index in [4.69, 9.17) is 14.5 Å². The molecule has 4 amide bonds. The third-order valence-electron chi connectivity index (χ3n) is 6.75. The van der Waals surface area contributed by atoms with E-state index >= 15 is 4.39 Å². The molecular formula is C21H17FN8O5. The van der Waals surface area contributed by atoms with Gasteiger partial charge in [-0.1, -0.05) is 5.16 Å². The van der Waals surface area contributed by atoms with Gasteiger partial charge in [-0.05, 0) is 25.5 Å². The van der Waals surface area contributed by atoms with E-state index in [1.807, 2.05) is 0 Å². The molecule has 6 rings (SSSR count). The second-order valence-electron chi connectivity index (χ2n) is 8.84. The van der Waals surface area contributed by atoms with Crippen molar-refractivity contribution in [2.75, 3.05) is 11.4 Å². The Morgan fingerprint density at radius 3 is 2.69 bits per heavy atom. The molecule has 1 aromatic carbocycles. The summed E-state index contributed by atoms with van der Waals surface area (Å²) in [7, 11) is 0. The molecular weight excluding hydrogens is 463 g/mol. The molecule has 2 fully saturated rings. The number of amides is 4. The van der Waals surface area contributed by atoms with Crippen LogP contribution in [0.25, 0.3) is 16.8 Å². The van der Waals surface area contributed by atoms with Crippen LogP contribution < -0.4 is 15.5 Å². The lowest BCUT2D eigenvalue weighted by molar-refractivity contribution is -0.153. The summed E-state index contributed by atoms with van der Waals surface area (Å²) in [5.41, 5.74) is -1.38. The number of carbonyl (C=O) groups is 3. The summed E-state index contributed by atoms with van der Waals surface area (Å²) in [5, 5.41) is 21.5. The molecule has 0 radical (unpaired) electrons. The molecule has 3 aliphatic heterocycles. The molecule has 0 saturated carbocycles. The maximum absolute atomic E-state index is 16.0. The average molecular weight is 480 g/mol. The van der Waals surface area contributed by atoms with E-state index in [0.717, 1.165) is 0 Å². The number of aromatic nitrogens is 4. The number of fused-ring (bicyclic) bond motifs is 5. The highest BCUT2D eigenvalue weighted by Crippen LogP contribution is 2.49. The Morgan fingerprint density at radius 2 is 2.00 bits per heavy atom. The van der Waals surface area contributed by atoms with Crippen LogP contribution in [-0.4, -0.2) is 62.6 Å². The number of morpholine rings is 1. The van der Waals surface area contributed by atoms with Crippen LogP contribution in [0.3, 0.4) is 0 Å². The normalized spacial score (nSPS) is 25.1. The number of hydrogen-bond acceptors (Lipinski definition) is 10. The van der Waals surface area contributed by atoms with E-state index in [2.05, 4.69) is 25.9 Å². The van der Waals surface area contributed by atoms with E-state index in [1.54, 1.807) is 30.9 Å². The number of nitrogens with one attached hydrogen (secondary N) is 2. The first-order valence-electron chi connectivity index (χ1n) is 10.8. The molecule has 0 aliphatic carbocycles. The van der Waals surface area contributed by atoms with Gasteiger partial charge >= 0.3 is 6.03 Å². The third kappa shape index (κ3) is 2.75. The monoisotopic (exact) mass is 480 g/mol. The number of anilines is 1. The molecule has 3 aliphatic rings. The minimum atomic E-state index is -1.75. The zero-order valence-electron chi connectivity index (χ0n) is 18.4. The number of imide groups is 2. The second-order valence-corrected chi connectivity index (χ2v) is 8.84. The fraction of sp³-hybridized carbons (Fsp3) is 0.381. The van der Waals surface area contributed by atoms with Gasteiger partial charge in [-0.2, -0.15) is 9.94 Å². The molecule has 2 saturated heterocycles. The number of barbiturate groups is 1. The number of nitrogens with zero attached hydrogens (tertiary/aromatic N) is 6. The van der Waals surface area contributed by atoms with Gasteiger partial charge in [0.2, 0.25) is 23.2 Å². The molecule has 14 heteroatoms. The summed E-state index contributed by atoms with van der Waals surface area (Å²) in [4.78, 5) is 43.8. The van der Waals surface area contributed by atoms with Gasteiger partial charge in [-0.15, -0.1) is 5.10 Å². The lowest BCUT2D eigenvalue weighted by atomic mass is 9.66. The van der Waals surface area contributed by atoms with Crippen molar-refractivity contribution in [2.24, 2.45) is 5.41 Å². The van der Waals surface area contributed by atoms with Crippen LogP contribution in [0, 0.1) is 22.6 Å². The highest BCUT2D eigenvalue weighted by Gasteiger charge is 2.63. The Kier molecular flexibility index (Phi) is 4.27. The second kappa shape index (κ2) is 7.06. The van der Waals surface area contributed by atoms with Crippen molar-refractivity contribution in [3.8, 4) is 11.9 Å². The van der Waals surface area contributed by atoms with Crippen LogP contribution >= 0.6 is 0 Å². The molecule has 3 atom stereocenters. The Labute approximate surface area is 195 Å². The predicted octanol–water partition coefficient (Wildman–Crippen LogP) is 0.310. The Balaban J connectivity index is 1.59. The van der Waals surface area contributed by atoms with Gasteiger partial charge in [0.05, 0.1) is 29.3 Å². The van der Waals surface area contributed by atoms with E-state index in [0.29, 0.717) is 5.56 Å². The van der Waals surface area contributed by atoms with Crippen molar-refractivity contribution in [2.45, 2.75) is 38.5 Å². The van der Waals surface area contributed by atoms with Crippen LogP contribution in [-0.2, 0) is 20.7 Å². The van der Waals surface area contributed by atoms with Crippen molar-refractivity contribution < 1.29 is 28.0 Å². The van der Waals surface area contributed by atoms with Gasteiger partial charge in [0.25, 0.3) is 5.82 Å². The van der Waals surface area contributed by atoms with Gasteiger partial charge in [0.15, 0.2) is 11.2 Å². The molecule has 2 N–H and O–H groups in total. The fourth-order valence-corrected chi connectivity index (χ4v) is 5.52. The Morgan fingerprint density at radius 1 is 1.26 bits per heavy atom. The number of ether oxygens (including phenoxy) is 1. The predicted molar refractivity (Wildman–Crippen MR) is 113 cm³/mol. The molecule has 3 aromatic rings. The lowest BCUT2D eigenvalue weighted by Crippen LogP contribution is -2.75. The van der Waals surface area contributed by atoms with Crippen molar-refractivity contribution in [3.63, 3.8) is 0 Å². The zero-order valence-corrected chi connectivity index (χ0v) is 18.4. The van der Waals surface area contributed by atoms with Crippen molar-refractivity contribution in [1.82, 2.24) is 30.6 Å². The number of rotatable bonds is 1.